The molecule has 2 nitrogen and oxygen atoms in total. The molecule has 2 heteroatoms. The third-order valence-electron chi connectivity index (χ3n) is 3.44. The quantitative estimate of drug-likeness (QED) is 0.724. The number of anilines is 1. The molecule has 0 aliphatic heterocycles. The molecule has 0 heterocycles. The number of rotatable bonds is 9. The van der Waals surface area contributed by atoms with E-state index in [-0.39, 0.29) is 0 Å². The first-order valence-corrected chi connectivity index (χ1v) is 7.78. The summed E-state index contributed by atoms with van der Waals surface area (Å²) in [6, 6.07) is 6.77. The highest BCUT2D eigenvalue weighted by molar-refractivity contribution is 5.57. The molecule has 0 radical (unpaired) electrons. The van der Waals surface area contributed by atoms with Gasteiger partial charge >= 0.3 is 0 Å². The van der Waals surface area contributed by atoms with Gasteiger partial charge in [0.2, 0.25) is 0 Å². The number of benzene rings is 1. The molecule has 108 valence electrons. The summed E-state index contributed by atoms with van der Waals surface area (Å²) in [5, 5.41) is 3.29. The normalized spacial score (nSPS) is 10.7. The van der Waals surface area contributed by atoms with Crippen LogP contribution in [0.5, 0.6) is 0 Å². The molecule has 0 aromatic heterocycles. The van der Waals surface area contributed by atoms with Gasteiger partial charge in [-0.1, -0.05) is 39.3 Å². The topological polar surface area (TPSA) is 15.3 Å². The summed E-state index contributed by atoms with van der Waals surface area (Å²) in [4.78, 5) is 2.56. The summed E-state index contributed by atoms with van der Waals surface area (Å²) in [7, 11) is 2.03. The fourth-order valence-corrected chi connectivity index (χ4v) is 2.70. The molecule has 19 heavy (non-hydrogen) atoms. The first-order valence-electron chi connectivity index (χ1n) is 7.78. The van der Waals surface area contributed by atoms with Crippen LogP contribution < -0.4 is 10.2 Å². The van der Waals surface area contributed by atoms with Gasteiger partial charge in [-0.25, -0.2) is 0 Å². The smallest absolute Gasteiger partial charge is 0.0402 e. The molecule has 1 aromatic carbocycles. The van der Waals surface area contributed by atoms with E-state index >= 15 is 0 Å². The van der Waals surface area contributed by atoms with Crippen LogP contribution >= 0.6 is 0 Å². The summed E-state index contributed by atoms with van der Waals surface area (Å²) in [5.41, 5.74) is 4.46. The van der Waals surface area contributed by atoms with E-state index in [1.807, 2.05) is 7.05 Å². The van der Waals surface area contributed by atoms with Gasteiger partial charge in [0.05, 0.1) is 0 Å². The molecule has 1 aromatic rings. The number of hydrogen-bond donors (Lipinski definition) is 1. The predicted molar refractivity (Wildman–Crippen MR) is 86.0 cm³/mol. The lowest BCUT2D eigenvalue weighted by Crippen LogP contribution is -2.26. The standard InChI is InChI=1S/C17H30N2/c1-5-9-16-15(14-18-4)10-8-11-17(16)19(12-6-2)13-7-3/h8,10-11,18H,5-7,9,12-14H2,1-4H3. The molecule has 0 aliphatic carbocycles. The zero-order chi connectivity index (χ0) is 14.1. The second kappa shape index (κ2) is 8.98. The van der Waals surface area contributed by atoms with E-state index in [1.54, 1.807) is 5.56 Å². The average Bonchev–Trinajstić information content (AvgIpc) is 2.41. The Labute approximate surface area is 119 Å². The first kappa shape index (κ1) is 16.0. The lowest BCUT2D eigenvalue weighted by Gasteiger charge is -2.28. The van der Waals surface area contributed by atoms with Gasteiger partial charge in [0, 0.05) is 25.3 Å². The van der Waals surface area contributed by atoms with Crippen molar-refractivity contribution in [3.63, 3.8) is 0 Å². The van der Waals surface area contributed by atoms with Gasteiger partial charge < -0.3 is 10.2 Å². The van der Waals surface area contributed by atoms with Crippen LogP contribution in [0, 0.1) is 0 Å². The Bertz CT molecular complexity index is 354. The third-order valence-corrected chi connectivity index (χ3v) is 3.44. The van der Waals surface area contributed by atoms with E-state index in [2.05, 4.69) is 49.2 Å². The fourth-order valence-electron chi connectivity index (χ4n) is 2.70. The van der Waals surface area contributed by atoms with Crippen LogP contribution in [0.4, 0.5) is 5.69 Å². The maximum Gasteiger partial charge on any atom is 0.0402 e. The molecule has 0 unspecified atom stereocenters. The molecule has 1 N–H and O–H groups in total. The van der Waals surface area contributed by atoms with Crippen molar-refractivity contribution in [1.82, 2.24) is 5.32 Å². The average molecular weight is 262 g/mol. The van der Waals surface area contributed by atoms with Crippen LogP contribution in [-0.4, -0.2) is 20.1 Å². The zero-order valence-corrected chi connectivity index (χ0v) is 13.1. The summed E-state index contributed by atoms with van der Waals surface area (Å²) >= 11 is 0. The summed E-state index contributed by atoms with van der Waals surface area (Å²) in [5.74, 6) is 0. The SMILES string of the molecule is CCCc1c(CNC)cccc1N(CCC)CCC. The Morgan fingerprint density at radius 2 is 1.68 bits per heavy atom. The maximum absolute atomic E-state index is 3.29. The Hall–Kier alpha value is -1.02. The fraction of sp³-hybridized carbons (Fsp3) is 0.647. The van der Waals surface area contributed by atoms with E-state index < -0.39 is 0 Å². The minimum atomic E-state index is 0.968. The van der Waals surface area contributed by atoms with Crippen LogP contribution in [0.1, 0.15) is 51.2 Å². The molecule has 0 aliphatic rings. The molecule has 0 spiro atoms. The molecule has 0 saturated carbocycles. The molecule has 1 rings (SSSR count). The molecule has 0 bridgehead atoms. The van der Waals surface area contributed by atoms with Crippen molar-refractivity contribution >= 4 is 5.69 Å². The second-order valence-electron chi connectivity index (χ2n) is 5.18. The number of nitrogens with one attached hydrogen (secondary N) is 1. The Kier molecular flexibility index (Phi) is 7.57. The Balaban J connectivity index is 3.10. The van der Waals surface area contributed by atoms with Gasteiger partial charge in [-0.3, -0.25) is 0 Å². The summed E-state index contributed by atoms with van der Waals surface area (Å²) < 4.78 is 0. The van der Waals surface area contributed by atoms with Crippen LogP contribution in [-0.2, 0) is 13.0 Å². The van der Waals surface area contributed by atoms with E-state index in [1.165, 1.54) is 36.9 Å². The number of nitrogens with zero attached hydrogens (tertiary/aromatic N) is 1. The molecular weight excluding hydrogens is 232 g/mol. The Morgan fingerprint density at radius 1 is 1.00 bits per heavy atom. The largest absolute Gasteiger partial charge is 0.371 e. The van der Waals surface area contributed by atoms with Crippen molar-refractivity contribution in [2.75, 3.05) is 25.0 Å². The summed E-state index contributed by atoms with van der Waals surface area (Å²) in [6.45, 7) is 10.1. The van der Waals surface area contributed by atoms with Crippen molar-refractivity contribution in [3.05, 3.63) is 29.3 Å². The van der Waals surface area contributed by atoms with Gasteiger partial charge in [-0.15, -0.1) is 0 Å². The van der Waals surface area contributed by atoms with Gasteiger partial charge in [0.1, 0.15) is 0 Å². The second-order valence-corrected chi connectivity index (χ2v) is 5.18. The minimum Gasteiger partial charge on any atom is -0.371 e. The highest BCUT2D eigenvalue weighted by Crippen LogP contribution is 2.26. The molecule has 0 amide bonds. The highest BCUT2D eigenvalue weighted by atomic mass is 15.1. The van der Waals surface area contributed by atoms with Gasteiger partial charge in [0.25, 0.3) is 0 Å². The van der Waals surface area contributed by atoms with E-state index in [9.17, 15) is 0 Å². The monoisotopic (exact) mass is 262 g/mol. The molecule has 0 saturated heterocycles. The van der Waals surface area contributed by atoms with Gasteiger partial charge in [0.15, 0.2) is 0 Å². The van der Waals surface area contributed by atoms with Crippen LogP contribution in [0.15, 0.2) is 18.2 Å². The third kappa shape index (κ3) is 4.54. The molecule has 0 fully saturated rings. The van der Waals surface area contributed by atoms with Crippen molar-refractivity contribution in [1.29, 1.82) is 0 Å². The predicted octanol–water partition coefficient (Wildman–Crippen LogP) is 3.98. The highest BCUT2D eigenvalue weighted by Gasteiger charge is 2.12. The lowest BCUT2D eigenvalue weighted by molar-refractivity contribution is 0.731. The molecule has 0 atom stereocenters. The maximum atomic E-state index is 3.29. The van der Waals surface area contributed by atoms with Gasteiger partial charge in [-0.05, 0) is 43.5 Å². The lowest BCUT2D eigenvalue weighted by atomic mass is 9.99. The Morgan fingerprint density at radius 3 is 2.21 bits per heavy atom. The molecular formula is C17H30N2. The van der Waals surface area contributed by atoms with Crippen LogP contribution in [0.3, 0.4) is 0 Å². The van der Waals surface area contributed by atoms with Crippen molar-refractivity contribution in [3.8, 4) is 0 Å². The van der Waals surface area contributed by atoms with Crippen molar-refractivity contribution in [2.45, 2.75) is 53.0 Å². The first-order chi connectivity index (χ1) is 9.28. The van der Waals surface area contributed by atoms with Crippen molar-refractivity contribution in [2.24, 2.45) is 0 Å². The van der Waals surface area contributed by atoms with E-state index in [4.69, 9.17) is 0 Å². The van der Waals surface area contributed by atoms with Gasteiger partial charge in [-0.2, -0.15) is 0 Å². The van der Waals surface area contributed by atoms with E-state index in [0.717, 1.165) is 19.6 Å². The number of hydrogen-bond acceptors (Lipinski definition) is 2. The van der Waals surface area contributed by atoms with Crippen LogP contribution in [0.2, 0.25) is 0 Å². The van der Waals surface area contributed by atoms with Crippen molar-refractivity contribution < 1.29 is 0 Å². The summed E-state index contributed by atoms with van der Waals surface area (Å²) in [6.07, 6.45) is 4.81. The zero-order valence-electron chi connectivity index (χ0n) is 13.1. The van der Waals surface area contributed by atoms with Crippen LogP contribution in [0.25, 0.3) is 0 Å². The van der Waals surface area contributed by atoms with E-state index in [0.29, 0.717) is 0 Å². The minimum absolute atomic E-state index is 0.968.